The first-order chi connectivity index (χ1) is 11.5. The van der Waals surface area contributed by atoms with Crippen molar-refractivity contribution in [3.05, 3.63) is 0 Å². The first kappa shape index (κ1) is 24.4. The Balaban J connectivity index is 0.00000576. The van der Waals surface area contributed by atoms with Crippen molar-refractivity contribution in [1.82, 2.24) is 15.5 Å². The molecule has 1 aliphatic rings. The summed E-state index contributed by atoms with van der Waals surface area (Å²) in [6, 6.07) is 1.04. The van der Waals surface area contributed by atoms with Gasteiger partial charge < -0.3 is 15.4 Å². The maximum atomic E-state index is 11.1. The summed E-state index contributed by atoms with van der Waals surface area (Å²) in [6.07, 6.45) is 3.36. The molecular weight excluding hydrogens is 431 g/mol. The van der Waals surface area contributed by atoms with Gasteiger partial charge in [0, 0.05) is 44.7 Å². The number of methoxy groups -OCH3 is 1. The van der Waals surface area contributed by atoms with Gasteiger partial charge in [-0.25, -0.2) is 0 Å². The third-order valence-electron chi connectivity index (χ3n) is 4.57. The van der Waals surface area contributed by atoms with E-state index in [1.54, 1.807) is 0 Å². The van der Waals surface area contributed by atoms with E-state index >= 15 is 0 Å². The summed E-state index contributed by atoms with van der Waals surface area (Å²) in [6.45, 7) is 12.8. The smallest absolute Gasteiger partial charge is 0.305 e. The molecule has 0 aromatic carbocycles. The number of likely N-dealkylation sites (tertiary alicyclic amines) is 1. The highest BCUT2D eigenvalue weighted by molar-refractivity contribution is 14.0. The van der Waals surface area contributed by atoms with Crippen molar-refractivity contribution < 1.29 is 9.53 Å². The third kappa shape index (κ3) is 9.63. The molecule has 1 aliphatic heterocycles. The van der Waals surface area contributed by atoms with E-state index in [4.69, 9.17) is 0 Å². The molecule has 2 atom stereocenters. The number of guanidine groups is 1. The van der Waals surface area contributed by atoms with Gasteiger partial charge in [-0.15, -0.1) is 24.0 Å². The summed E-state index contributed by atoms with van der Waals surface area (Å²) >= 11 is 0. The molecule has 6 nitrogen and oxygen atoms in total. The maximum absolute atomic E-state index is 11.1. The SMILES string of the molecule is CCNC(=NCCCCCC(=O)OC)NC1CN(C(C)C)CC1C.I. The van der Waals surface area contributed by atoms with Crippen LogP contribution in [0.5, 0.6) is 0 Å². The van der Waals surface area contributed by atoms with Crippen molar-refractivity contribution >= 4 is 35.9 Å². The molecule has 0 radical (unpaired) electrons. The standard InChI is InChI=1S/C18H36N4O2.HI/c1-6-19-18(20-11-9-7-8-10-17(23)24-5)21-16-13-22(14(2)3)12-15(16)4;/h14-16H,6-13H2,1-5H3,(H2,19,20,21);1H. The predicted octanol–water partition coefficient (Wildman–Crippen LogP) is 2.62. The Morgan fingerprint density at radius 2 is 2.00 bits per heavy atom. The van der Waals surface area contributed by atoms with Crippen molar-refractivity contribution in [1.29, 1.82) is 0 Å². The zero-order chi connectivity index (χ0) is 17.9. The number of carbonyl (C=O) groups is 1. The van der Waals surface area contributed by atoms with Crippen molar-refractivity contribution in [3.8, 4) is 0 Å². The molecule has 7 heteroatoms. The summed E-state index contributed by atoms with van der Waals surface area (Å²) in [7, 11) is 1.44. The number of halogens is 1. The average molecular weight is 468 g/mol. The lowest BCUT2D eigenvalue weighted by atomic mass is 10.1. The summed E-state index contributed by atoms with van der Waals surface area (Å²) in [5.74, 6) is 1.41. The lowest BCUT2D eigenvalue weighted by Gasteiger charge is -2.21. The van der Waals surface area contributed by atoms with E-state index in [0.29, 0.717) is 24.4 Å². The highest BCUT2D eigenvalue weighted by Crippen LogP contribution is 2.18. The zero-order valence-electron chi connectivity index (χ0n) is 16.5. The molecular formula is C18H37IN4O2. The Labute approximate surface area is 170 Å². The molecule has 0 spiro atoms. The molecule has 0 aromatic heterocycles. The van der Waals surface area contributed by atoms with Crippen LogP contribution in [-0.2, 0) is 9.53 Å². The van der Waals surface area contributed by atoms with E-state index in [2.05, 4.69) is 53.0 Å². The van der Waals surface area contributed by atoms with Gasteiger partial charge in [-0.05, 0) is 39.5 Å². The third-order valence-corrected chi connectivity index (χ3v) is 4.57. The van der Waals surface area contributed by atoms with E-state index in [-0.39, 0.29) is 29.9 Å². The first-order valence-corrected chi connectivity index (χ1v) is 9.33. The largest absolute Gasteiger partial charge is 0.469 e. The number of carbonyl (C=O) groups excluding carboxylic acids is 1. The quantitative estimate of drug-likeness (QED) is 0.179. The Bertz CT molecular complexity index is 405. The summed E-state index contributed by atoms with van der Waals surface area (Å²) in [5.41, 5.74) is 0. The summed E-state index contributed by atoms with van der Waals surface area (Å²) < 4.78 is 4.65. The van der Waals surface area contributed by atoms with Gasteiger partial charge in [0.15, 0.2) is 5.96 Å². The van der Waals surface area contributed by atoms with Gasteiger partial charge in [-0.1, -0.05) is 13.3 Å². The number of unbranched alkanes of at least 4 members (excludes halogenated alkanes) is 2. The lowest BCUT2D eigenvalue weighted by Crippen LogP contribution is -2.46. The molecule has 148 valence electrons. The van der Waals surface area contributed by atoms with Crippen molar-refractivity contribution in [3.63, 3.8) is 0 Å². The molecule has 0 aromatic rings. The number of aliphatic imine (C=N–C) groups is 1. The second kappa shape index (κ2) is 13.6. The minimum absolute atomic E-state index is 0. The number of esters is 1. The second-order valence-electron chi connectivity index (χ2n) is 6.92. The average Bonchev–Trinajstić information content (AvgIpc) is 2.91. The van der Waals surface area contributed by atoms with Crippen LogP contribution in [0.15, 0.2) is 4.99 Å². The normalized spacial score (nSPS) is 21.1. The monoisotopic (exact) mass is 468 g/mol. The minimum Gasteiger partial charge on any atom is -0.469 e. The fourth-order valence-corrected chi connectivity index (χ4v) is 2.96. The molecule has 1 heterocycles. The van der Waals surface area contributed by atoms with Gasteiger partial charge in [0.25, 0.3) is 0 Å². The van der Waals surface area contributed by atoms with Crippen LogP contribution in [0.25, 0.3) is 0 Å². The molecule has 0 saturated carbocycles. The van der Waals surface area contributed by atoms with E-state index in [1.165, 1.54) is 7.11 Å². The highest BCUT2D eigenvalue weighted by atomic mass is 127. The van der Waals surface area contributed by atoms with Crippen LogP contribution >= 0.6 is 24.0 Å². The van der Waals surface area contributed by atoms with Crippen molar-refractivity contribution in [2.24, 2.45) is 10.9 Å². The van der Waals surface area contributed by atoms with Crippen LogP contribution in [0.3, 0.4) is 0 Å². The van der Waals surface area contributed by atoms with Crippen LogP contribution in [0.4, 0.5) is 0 Å². The highest BCUT2D eigenvalue weighted by Gasteiger charge is 2.31. The Kier molecular flexibility index (Phi) is 13.3. The van der Waals surface area contributed by atoms with Crippen molar-refractivity contribution in [2.75, 3.05) is 33.3 Å². The van der Waals surface area contributed by atoms with Gasteiger partial charge >= 0.3 is 5.97 Å². The van der Waals surface area contributed by atoms with E-state index < -0.39 is 0 Å². The number of nitrogens with one attached hydrogen (secondary N) is 2. The number of hydrogen-bond donors (Lipinski definition) is 2. The summed E-state index contributed by atoms with van der Waals surface area (Å²) in [5, 5.41) is 6.93. The Hall–Kier alpha value is -0.570. The van der Waals surface area contributed by atoms with Gasteiger partial charge in [0.1, 0.15) is 0 Å². The van der Waals surface area contributed by atoms with Crippen molar-refractivity contribution in [2.45, 2.75) is 65.5 Å². The van der Waals surface area contributed by atoms with E-state index in [1.807, 2.05) is 0 Å². The van der Waals surface area contributed by atoms with Crippen LogP contribution in [-0.4, -0.2) is 62.2 Å². The fourth-order valence-electron chi connectivity index (χ4n) is 2.96. The molecule has 1 rings (SSSR count). The van der Waals surface area contributed by atoms with Gasteiger partial charge in [-0.3, -0.25) is 14.7 Å². The number of hydrogen-bond acceptors (Lipinski definition) is 4. The molecule has 1 saturated heterocycles. The van der Waals surface area contributed by atoms with Crippen LogP contribution < -0.4 is 10.6 Å². The van der Waals surface area contributed by atoms with Crippen LogP contribution in [0.1, 0.15) is 53.4 Å². The molecule has 0 aliphatic carbocycles. The van der Waals surface area contributed by atoms with Gasteiger partial charge in [0.05, 0.1) is 7.11 Å². The zero-order valence-corrected chi connectivity index (χ0v) is 18.8. The number of rotatable bonds is 9. The molecule has 2 N–H and O–H groups in total. The maximum Gasteiger partial charge on any atom is 0.305 e. The molecule has 0 bridgehead atoms. The predicted molar refractivity (Wildman–Crippen MR) is 115 cm³/mol. The van der Waals surface area contributed by atoms with E-state index in [0.717, 1.165) is 51.4 Å². The molecule has 2 unspecified atom stereocenters. The minimum atomic E-state index is -0.126. The summed E-state index contributed by atoms with van der Waals surface area (Å²) in [4.78, 5) is 18.3. The fraction of sp³-hybridized carbons (Fsp3) is 0.889. The molecule has 25 heavy (non-hydrogen) atoms. The van der Waals surface area contributed by atoms with Crippen LogP contribution in [0.2, 0.25) is 0 Å². The lowest BCUT2D eigenvalue weighted by molar-refractivity contribution is -0.140. The topological polar surface area (TPSA) is 66.0 Å². The van der Waals surface area contributed by atoms with Gasteiger partial charge in [0.2, 0.25) is 0 Å². The number of nitrogens with zero attached hydrogens (tertiary/aromatic N) is 2. The second-order valence-corrected chi connectivity index (χ2v) is 6.92. The number of ether oxygens (including phenoxy) is 1. The molecule has 1 fully saturated rings. The Morgan fingerprint density at radius 1 is 1.28 bits per heavy atom. The molecule has 0 amide bonds. The van der Waals surface area contributed by atoms with Gasteiger partial charge in [-0.2, -0.15) is 0 Å². The van der Waals surface area contributed by atoms with E-state index in [9.17, 15) is 4.79 Å². The Morgan fingerprint density at radius 3 is 2.56 bits per heavy atom. The first-order valence-electron chi connectivity index (χ1n) is 9.33. The van der Waals surface area contributed by atoms with Crippen LogP contribution in [0, 0.1) is 5.92 Å².